The molecule has 88 heavy (non-hydrogen) atoms. The Kier molecular flexibility index (Phi) is 30.5. The molecule has 1 aromatic heterocycles. The highest BCUT2D eigenvalue weighted by Crippen LogP contribution is 2.24. The molecule has 1 saturated heterocycles. The number of carbonyl (C=O) groups is 11. The van der Waals surface area contributed by atoms with Crippen molar-refractivity contribution >= 4 is 64.6 Å². The zero-order valence-electron chi connectivity index (χ0n) is 50.5. The average Bonchev–Trinajstić information content (AvgIpc) is 3.69. The van der Waals surface area contributed by atoms with Gasteiger partial charge in [0, 0.05) is 61.5 Å². The lowest BCUT2D eigenvalue weighted by Crippen LogP contribution is -2.60. The van der Waals surface area contributed by atoms with Gasteiger partial charge in [-0.2, -0.15) is 0 Å². The summed E-state index contributed by atoms with van der Waals surface area (Å²) in [5.41, 5.74) is 31.9. The Bertz CT molecular complexity index is 2830. The molecule has 0 saturated carbocycles. The number of Topliss-reactive ketones (excluding diaryl/α,β-unsaturated/α-hetero) is 3. The maximum atomic E-state index is 14.6. The summed E-state index contributed by atoms with van der Waals surface area (Å²) in [4.78, 5) is 160. The highest BCUT2D eigenvalue weighted by Gasteiger charge is 2.38. The third-order valence-electron chi connectivity index (χ3n) is 15.5. The molecule has 482 valence electrons. The fraction of sp³-hybridized carbons (Fsp3) is 0.541. The van der Waals surface area contributed by atoms with E-state index in [0.29, 0.717) is 17.7 Å². The minimum absolute atomic E-state index is 0.0186. The van der Waals surface area contributed by atoms with E-state index in [2.05, 4.69) is 47.5 Å². The van der Waals surface area contributed by atoms with Crippen molar-refractivity contribution in [1.29, 1.82) is 0 Å². The molecule has 1 aliphatic rings. The van der Waals surface area contributed by atoms with E-state index in [0.717, 1.165) is 5.56 Å². The average molecular weight is 1230 g/mol. The molecule has 4 rings (SSSR count). The van der Waals surface area contributed by atoms with Gasteiger partial charge in [0.25, 0.3) is 0 Å². The molecule has 27 heteroatoms. The smallest absolute Gasteiger partial charge is 0.245 e. The minimum atomic E-state index is -1.68. The Morgan fingerprint density at radius 1 is 0.648 bits per heavy atom. The number of carbonyl (C=O) groups excluding carboxylic acids is 11. The minimum Gasteiger partial charge on any atom is -0.391 e. The van der Waals surface area contributed by atoms with Crippen molar-refractivity contribution < 1.29 is 63.0 Å². The van der Waals surface area contributed by atoms with E-state index >= 15 is 0 Å². The first-order valence-electron chi connectivity index (χ1n) is 29.9. The number of rotatable bonds is 26. The van der Waals surface area contributed by atoms with Crippen LogP contribution < -0.4 is 71.2 Å². The second-order valence-corrected chi connectivity index (χ2v) is 22.2. The van der Waals surface area contributed by atoms with Crippen LogP contribution in [0.4, 0.5) is 0 Å². The number of ketones is 3. The third-order valence-corrected chi connectivity index (χ3v) is 15.5. The Hall–Kier alpha value is -7.92. The van der Waals surface area contributed by atoms with E-state index in [1.54, 1.807) is 50.2 Å². The number of aliphatic hydroxyl groups is 2. The first kappa shape index (κ1) is 72.6. The number of amides is 8. The number of aliphatic hydroxyl groups excluding tert-OH is 2. The molecule has 0 bridgehead atoms. The van der Waals surface area contributed by atoms with Crippen LogP contribution in [0.3, 0.4) is 0 Å². The van der Waals surface area contributed by atoms with Gasteiger partial charge >= 0.3 is 0 Å². The normalized spacial score (nSPS) is 22.5. The van der Waals surface area contributed by atoms with Crippen molar-refractivity contribution in [2.75, 3.05) is 39.3 Å². The second-order valence-electron chi connectivity index (χ2n) is 22.2. The summed E-state index contributed by atoms with van der Waals surface area (Å²) in [7, 11) is 0. The lowest BCUT2D eigenvalue weighted by atomic mass is 9.84. The first-order chi connectivity index (χ1) is 42.0. The zero-order valence-corrected chi connectivity index (χ0v) is 50.5. The van der Waals surface area contributed by atoms with Gasteiger partial charge in [0.05, 0.1) is 29.9 Å². The van der Waals surface area contributed by atoms with Crippen molar-refractivity contribution in [2.24, 2.45) is 52.3 Å². The molecule has 0 radical (unpaired) electrons. The monoisotopic (exact) mass is 1230 g/mol. The number of hydrogen-bond acceptors (Lipinski definition) is 19. The predicted octanol–water partition coefficient (Wildman–Crippen LogP) is -2.59. The van der Waals surface area contributed by atoms with Crippen LogP contribution >= 0.6 is 0 Å². The summed E-state index contributed by atoms with van der Waals surface area (Å²) >= 11 is 0. The molecule has 2 aromatic carbocycles. The summed E-state index contributed by atoms with van der Waals surface area (Å²) in [5, 5.41) is 42.3. The molecule has 8 amide bonds. The summed E-state index contributed by atoms with van der Waals surface area (Å²) in [6, 6.07) is 10.4. The van der Waals surface area contributed by atoms with Crippen LogP contribution in [0.5, 0.6) is 0 Å². The molecular weight excluding hydrogens is 1140 g/mol. The third kappa shape index (κ3) is 22.3. The van der Waals surface area contributed by atoms with Crippen molar-refractivity contribution in [1.82, 2.24) is 47.5 Å². The van der Waals surface area contributed by atoms with E-state index in [4.69, 9.17) is 28.7 Å². The Morgan fingerprint density at radius 3 is 1.75 bits per heavy atom. The summed E-state index contributed by atoms with van der Waals surface area (Å²) in [6.07, 6.45) is -3.64. The highest BCUT2D eigenvalue weighted by molar-refractivity contribution is 6.01. The fourth-order valence-corrected chi connectivity index (χ4v) is 9.99. The Morgan fingerprint density at radius 2 is 1.20 bits per heavy atom. The van der Waals surface area contributed by atoms with Crippen LogP contribution in [0.1, 0.15) is 101 Å². The number of benzene rings is 2. The van der Waals surface area contributed by atoms with Gasteiger partial charge in [0.15, 0.2) is 17.3 Å². The molecule has 1 fully saturated rings. The molecule has 0 spiro atoms. The van der Waals surface area contributed by atoms with Crippen molar-refractivity contribution in [3.8, 4) is 11.3 Å². The van der Waals surface area contributed by atoms with Gasteiger partial charge in [-0.15, -0.1) is 0 Å². The lowest BCUT2D eigenvalue weighted by Gasteiger charge is -2.29. The summed E-state index contributed by atoms with van der Waals surface area (Å²) < 4.78 is 0. The SMILES string of the molecule is CC[C@H](C)[C@@H]1CC(=O)[C@@H](Cc2ccccc2)NC(=O)[C@H](CCN)NC(=O)[C@@H](NC(=O)[C@@H](CN)CC(=O)[C@@H](NC(=O)[C@H](CCN)CC(=O)c2ccnc(-c3ccccc3)c2)[C@@H](C)O)CCNC(=O)[C@H]([C@@H](C)O)NC(=O)[C@H](CCN)NC(=O)[C@H](CCN)NC1=O. The van der Waals surface area contributed by atoms with Crippen molar-refractivity contribution in [3.63, 3.8) is 0 Å². The van der Waals surface area contributed by atoms with Gasteiger partial charge in [-0.1, -0.05) is 80.9 Å². The van der Waals surface area contributed by atoms with E-state index in [9.17, 15) is 63.0 Å². The van der Waals surface area contributed by atoms with Crippen LogP contribution in [0, 0.1) is 23.7 Å². The lowest BCUT2D eigenvalue weighted by molar-refractivity contribution is -0.137. The molecule has 1 aliphatic heterocycles. The topological polar surface area (TPSA) is 467 Å². The molecule has 20 N–H and O–H groups in total. The molecule has 27 nitrogen and oxygen atoms in total. The molecule has 13 atom stereocenters. The fourth-order valence-electron chi connectivity index (χ4n) is 9.99. The van der Waals surface area contributed by atoms with Crippen LogP contribution in [0.25, 0.3) is 11.3 Å². The molecule has 0 unspecified atom stereocenters. The predicted molar refractivity (Wildman–Crippen MR) is 326 cm³/mol. The Labute approximate surface area is 512 Å². The number of hydrogen-bond donors (Lipinski definition) is 15. The van der Waals surface area contributed by atoms with Gasteiger partial charge in [0.2, 0.25) is 47.3 Å². The number of nitrogens with one attached hydrogen (secondary N) is 8. The van der Waals surface area contributed by atoms with E-state index in [1.165, 1.54) is 26.1 Å². The van der Waals surface area contributed by atoms with Gasteiger partial charge in [-0.3, -0.25) is 57.7 Å². The number of aromatic nitrogens is 1. The quantitative estimate of drug-likeness (QED) is 0.0367. The van der Waals surface area contributed by atoms with Gasteiger partial charge in [-0.25, -0.2) is 0 Å². The standard InChI is InChI=1S/C61H90N14O13/c1-5-34(2)42-32-50(79)48(28-37-12-8-6-9-13-37)73-58(85)44(18-24-64)71-59(86)46(21-27-68-61(88)53(36(4)77)75-60(87)45(19-25-65)72-57(84)43(17-23-63)70-56(42)83)69-55(82)41(33-66)31-51(80)52(35(3)76)74-54(81)40(16-22-62)30-49(78)39-20-26-67-47(29-39)38-14-10-7-11-15-38/h6-15,20,26,29,34-36,40-46,48,52-53,76-77H,5,16-19,21-25,27-28,30-33,62-66H2,1-4H3,(H,68,88)(H,69,82)(H,70,83)(H,71,86)(H,72,84)(H,73,85)(H,74,81)(H,75,87)/t34-,35+,36+,40+,41+,42-,43-,44-,45-,46-,48+,52-,53-/m0/s1. The zero-order chi connectivity index (χ0) is 65.0. The van der Waals surface area contributed by atoms with E-state index < -0.39 is 175 Å². The molecule has 3 aromatic rings. The maximum absolute atomic E-state index is 14.6. The largest absolute Gasteiger partial charge is 0.391 e. The van der Waals surface area contributed by atoms with Crippen molar-refractivity contribution in [3.05, 3.63) is 90.1 Å². The molecule has 2 heterocycles. The van der Waals surface area contributed by atoms with E-state index in [-0.39, 0.29) is 70.3 Å². The summed E-state index contributed by atoms with van der Waals surface area (Å²) in [6.45, 7) is 4.57. The van der Waals surface area contributed by atoms with Crippen LogP contribution in [0.15, 0.2) is 79.0 Å². The number of pyridine rings is 1. The number of nitrogens with two attached hydrogens (primary N) is 5. The van der Waals surface area contributed by atoms with Gasteiger partial charge in [0.1, 0.15) is 36.3 Å². The van der Waals surface area contributed by atoms with Gasteiger partial charge in [-0.05, 0) is 102 Å². The van der Waals surface area contributed by atoms with Crippen LogP contribution in [-0.2, 0) is 54.4 Å². The van der Waals surface area contributed by atoms with Crippen LogP contribution in [0.2, 0.25) is 0 Å². The second kappa shape index (κ2) is 37.0. The summed E-state index contributed by atoms with van der Waals surface area (Å²) in [5.74, 6) is -13.0. The van der Waals surface area contributed by atoms with Crippen molar-refractivity contribution in [2.45, 2.75) is 146 Å². The Balaban J connectivity index is 1.68. The maximum Gasteiger partial charge on any atom is 0.245 e. The van der Waals surface area contributed by atoms with Gasteiger partial charge < -0.3 is 81.4 Å². The van der Waals surface area contributed by atoms with E-state index in [1.807, 2.05) is 30.3 Å². The highest BCUT2D eigenvalue weighted by atomic mass is 16.3. The van der Waals surface area contributed by atoms with Crippen LogP contribution in [-0.4, -0.2) is 174 Å². The molecule has 0 aliphatic carbocycles. The molecular formula is C61H90N14O13. The first-order valence-corrected chi connectivity index (χ1v) is 29.9. The number of nitrogens with zero attached hydrogens (tertiary/aromatic N) is 1.